The summed E-state index contributed by atoms with van der Waals surface area (Å²) in [6, 6.07) is 4.14. The highest BCUT2D eigenvalue weighted by Crippen LogP contribution is 2.21. The van der Waals surface area contributed by atoms with E-state index < -0.39 is 0 Å². The number of hydrogen-bond donors (Lipinski definition) is 0. The van der Waals surface area contributed by atoms with Crippen LogP contribution in [0.2, 0.25) is 0 Å². The Morgan fingerprint density at radius 1 is 1.46 bits per heavy atom. The number of fused-ring (bicyclic) bond motifs is 1. The van der Waals surface area contributed by atoms with Crippen molar-refractivity contribution < 1.29 is 0 Å². The molecule has 0 aliphatic heterocycles. The van der Waals surface area contributed by atoms with E-state index in [0.717, 1.165) is 16.8 Å². The Morgan fingerprint density at radius 3 is 3.08 bits per heavy atom. The summed E-state index contributed by atoms with van der Waals surface area (Å²) in [5, 5.41) is 0. The predicted molar refractivity (Wildman–Crippen MR) is 56.1 cm³/mol. The van der Waals surface area contributed by atoms with Gasteiger partial charge in [-0.15, -0.1) is 11.3 Å². The van der Waals surface area contributed by atoms with Gasteiger partial charge in [-0.2, -0.15) is 0 Å². The molecule has 2 aromatic heterocycles. The fourth-order valence-electron chi connectivity index (χ4n) is 1.25. The van der Waals surface area contributed by atoms with Crippen LogP contribution in [0.25, 0.3) is 10.3 Å². The van der Waals surface area contributed by atoms with E-state index in [1.807, 2.05) is 5.51 Å². The number of rotatable bonds is 2. The van der Waals surface area contributed by atoms with Crippen molar-refractivity contribution >= 4 is 21.7 Å². The fourth-order valence-corrected chi connectivity index (χ4v) is 1.91. The molecule has 0 N–H and O–H groups in total. The number of thiazole rings is 1. The zero-order chi connectivity index (χ0) is 9.26. The van der Waals surface area contributed by atoms with Gasteiger partial charge in [-0.25, -0.2) is 9.97 Å². The van der Waals surface area contributed by atoms with E-state index in [9.17, 15) is 0 Å². The molecule has 1 unspecified atom stereocenters. The third-order valence-electron chi connectivity index (χ3n) is 2.34. The standard InChI is InChI=1S/C10H12N2S/c1-3-7(2)8-4-5-9-10(12-8)13-6-11-9/h4-7H,3H2,1-2H3. The first-order chi connectivity index (χ1) is 6.31. The normalized spacial score (nSPS) is 13.4. The maximum atomic E-state index is 4.56. The van der Waals surface area contributed by atoms with Crippen LogP contribution in [0.3, 0.4) is 0 Å². The topological polar surface area (TPSA) is 25.8 Å². The van der Waals surface area contributed by atoms with Gasteiger partial charge in [0, 0.05) is 5.69 Å². The van der Waals surface area contributed by atoms with Gasteiger partial charge in [-0.1, -0.05) is 13.8 Å². The van der Waals surface area contributed by atoms with Gasteiger partial charge in [0.1, 0.15) is 4.83 Å². The Kier molecular flexibility index (Phi) is 2.27. The SMILES string of the molecule is CCC(C)c1ccc2ncsc2n1. The molecule has 13 heavy (non-hydrogen) atoms. The molecule has 0 saturated heterocycles. The molecular formula is C10H12N2S. The Hall–Kier alpha value is -0.960. The third-order valence-corrected chi connectivity index (χ3v) is 3.07. The van der Waals surface area contributed by atoms with Crippen molar-refractivity contribution in [3.8, 4) is 0 Å². The van der Waals surface area contributed by atoms with Gasteiger partial charge in [-0.05, 0) is 24.5 Å². The van der Waals surface area contributed by atoms with Gasteiger partial charge in [0.05, 0.1) is 11.0 Å². The van der Waals surface area contributed by atoms with Crippen LogP contribution in [0.4, 0.5) is 0 Å². The second-order valence-corrected chi connectivity index (χ2v) is 4.06. The van der Waals surface area contributed by atoms with Crippen LogP contribution in [0.5, 0.6) is 0 Å². The van der Waals surface area contributed by atoms with Crippen LogP contribution in [0, 0.1) is 0 Å². The molecule has 0 aromatic carbocycles. The quantitative estimate of drug-likeness (QED) is 0.730. The van der Waals surface area contributed by atoms with E-state index in [1.54, 1.807) is 11.3 Å². The van der Waals surface area contributed by atoms with Gasteiger partial charge in [-0.3, -0.25) is 0 Å². The summed E-state index contributed by atoms with van der Waals surface area (Å²) in [4.78, 5) is 9.82. The zero-order valence-electron chi connectivity index (χ0n) is 7.82. The van der Waals surface area contributed by atoms with Crippen molar-refractivity contribution in [1.82, 2.24) is 9.97 Å². The summed E-state index contributed by atoms with van der Waals surface area (Å²) in [7, 11) is 0. The molecule has 0 bridgehead atoms. The van der Waals surface area contributed by atoms with Gasteiger partial charge in [0.25, 0.3) is 0 Å². The van der Waals surface area contributed by atoms with Crippen LogP contribution in [0.15, 0.2) is 17.6 Å². The lowest BCUT2D eigenvalue weighted by atomic mass is 10.0. The van der Waals surface area contributed by atoms with Crippen molar-refractivity contribution in [3.63, 3.8) is 0 Å². The van der Waals surface area contributed by atoms with Crippen LogP contribution >= 0.6 is 11.3 Å². The Balaban J connectivity index is 2.48. The molecule has 0 spiro atoms. The van der Waals surface area contributed by atoms with Crippen molar-refractivity contribution in [2.24, 2.45) is 0 Å². The highest BCUT2D eigenvalue weighted by molar-refractivity contribution is 7.16. The van der Waals surface area contributed by atoms with E-state index >= 15 is 0 Å². The Morgan fingerprint density at radius 2 is 2.31 bits per heavy atom. The molecule has 0 fully saturated rings. The lowest BCUT2D eigenvalue weighted by Gasteiger charge is -2.06. The van der Waals surface area contributed by atoms with Crippen molar-refractivity contribution in [1.29, 1.82) is 0 Å². The monoisotopic (exact) mass is 192 g/mol. The summed E-state index contributed by atoms with van der Waals surface area (Å²) in [5.74, 6) is 0.548. The molecule has 68 valence electrons. The van der Waals surface area contributed by atoms with Gasteiger partial charge in [0.15, 0.2) is 0 Å². The Bertz CT molecular complexity index is 408. The Labute approximate surface area is 81.7 Å². The average molecular weight is 192 g/mol. The first kappa shape index (κ1) is 8.63. The minimum atomic E-state index is 0.548. The molecular weight excluding hydrogens is 180 g/mol. The summed E-state index contributed by atoms with van der Waals surface area (Å²) in [5.41, 5.74) is 4.04. The molecule has 0 aliphatic rings. The predicted octanol–water partition coefficient (Wildman–Crippen LogP) is 3.20. The van der Waals surface area contributed by atoms with E-state index in [1.165, 1.54) is 5.69 Å². The summed E-state index contributed by atoms with van der Waals surface area (Å²) < 4.78 is 0. The van der Waals surface area contributed by atoms with Gasteiger partial charge >= 0.3 is 0 Å². The minimum Gasteiger partial charge on any atom is -0.243 e. The molecule has 2 nitrogen and oxygen atoms in total. The number of hydrogen-bond acceptors (Lipinski definition) is 3. The van der Waals surface area contributed by atoms with Crippen LogP contribution in [0.1, 0.15) is 31.9 Å². The first-order valence-corrected chi connectivity index (χ1v) is 5.39. The van der Waals surface area contributed by atoms with E-state index in [2.05, 4.69) is 35.9 Å². The maximum absolute atomic E-state index is 4.56. The molecule has 2 aromatic rings. The lowest BCUT2D eigenvalue weighted by molar-refractivity contribution is 0.712. The van der Waals surface area contributed by atoms with Crippen LogP contribution < -0.4 is 0 Å². The van der Waals surface area contributed by atoms with Crippen LogP contribution in [-0.2, 0) is 0 Å². The number of aromatic nitrogens is 2. The van der Waals surface area contributed by atoms with E-state index in [4.69, 9.17) is 0 Å². The average Bonchev–Trinajstić information content (AvgIpc) is 2.63. The van der Waals surface area contributed by atoms with E-state index in [-0.39, 0.29) is 0 Å². The molecule has 0 amide bonds. The molecule has 2 rings (SSSR count). The van der Waals surface area contributed by atoms with Gasteiger partial charge < -0.3 is 0 Å². The molecule has 0 aliphatic carbocycles. The first-order valence-electron chi connectivity index (χ1n) is 4.51. The van der Waals surface area contributed by atoms with Crippen LogP contribution in [-0.4, -0.2) is 9.97 Å². The van der Waals surface area contributed by atoms with Crippen molar-refractivity contribution in [2.45, 2.75) is 26.2 Å². The van der Waals surface area contributed by atoms with Crippen molar-refractivity contribution in [3.05, 3.63) is 23.3 Å². The second kappa shape index (κ2) is 3.42. The second-order valence-electron chi connectivity index (χ2n) is 3.22. The van der Waals surface area contributed by atoms with Crippen molar-refractivity contribution in [2.75, 3.05) is 0 Å². The minimum absolute atomic E-state index is 0.548. The molecule has 3 heteroatoms. The maximum Gasteiger partial charge on any atom is 0.143 e. The smallest absolute Gasteiger partial charge is 0.143 e. The molecule has 0 saturated carbocycles. The highest BCUT2D eigenvalue weighted by Gasteiger charge is 2.06. The summed E-state index contributed by atoms with van der Waals surface area (Å²) >= 11 is 1.61. The van der Waals surface area contributed by atoms with Gasteiger partial charge in [0.2, 0.25) is 0 Å². The van der Waals surface area contributed by atoms with E-state index in [0.29, 0.717) is 5.92 Å². The summed E-state index contributed by atoms with van der Waals surface area (Å²) in [6.07, 6.45) is 1.14. The number of pyridine rings is 1. The third kappa shape index (κ3) is 1.56. The summed E-state index contributed by atoms with van der Waals surface area (Å²) in [6.45, 7) is 4.39. The molecule has 0 radical (unpaired) electrons. The number of nitrogens with zero attached hydrogens (tertiary/aromatic N) is 2. The zero-order valence-corrected chi connectivity index (χ0v) is 8.64. The molecule has 2 heterocycles. The molecule has 1 atom stereocenters. The highest BCUT2D eigenvalue weighted by atomic mass is 32.1. The lowest BCUT2D eigenvalue weighted by Crippen LogP contribution is -1.94. The largest absolute Gasteiger partial charge is 0.243 e. The fraction of sp³-hybridized carbons (Fsp3) is 0.400.